The van der Waals surface area contributed by atoms with Crippen molar-refractivity contribution < 1.29 is 14.7 Å². The molecule has 0 saturated heterocycles. The molecule has 17 heavy (non-hydrogen) atoms. The zero-order chi connectivity index (χ0) is 13.2. The molecule has 6 heteroatoms. The highest BCUT2D eigenvalue weighted by molar-refractivity contribution is 5.94. The number of amides is 1. The summed E-state index contributed by atoms with van der Waals surface area (Å²) in [5.41, 5.74) is -0.152. The molecule has 0 radical (unpaired) electrons. The number of hydrogen-bond acceptors (Lipinski definition) is 3. The van der Waals surface area contributed by atoms with Crippen molar-refractivity contribution in [2.45, 2.75) is 13.0 Å². The Hall–Kier alpha value is -2.11. The molecule has 1 heterocycles. The largest absolute Gasteiger partial charge is 0.480 e. The Morgan fingerprint density at radius 3 is 2.53 bits per heavy atom. The number of nitrogens with zero attached hydrogens (tertiary/aromatic N) is 2. The number of carbonyl (C=O) groups excluding carboxylic acids is 1. The van der Waals surface area contributed by atoms with Crippen LogP contribution in [0.15, 0.2) is 23.0 Å². The second-order valence-corrected chi connectivity index (χ2v) is 3.74. The first kappa shape index (κ1) is 13.0. The summed E-state index contributed by atoms with van der Waals surface area (Å²) in [6.07, 6.45) is 0. The number of pyridine rings is 1. The van der Waals surface area contributed by atoms with Crippen LogP contribution in [0.5, 0.6) is 0 Å². The van der Waals surface area contributed by atoms with E-state index in [1.54, 1.807) is 0 Å². The highest BCUT2D eigenvalue weighted by Crippen LogP contribution is 2.04. The monoisotopic (exact) mass is 238 g/mol. The van der Waals surface area contributed by atoms with Crippen LogP contribution in [0.25, 0.3) is 0 Å². The predicted octanol–water partition coefficient (Wildman–Crippen LogP) is -0.0696. The van der Waals surface area contributed by atoms with Crippen LogP contribution in [-0.2, 0) is 11.8 Å². The molecular formula is C11H14N2O4. The molecule has 0 spiro atoms. The first-order valence-corrected chi connectivity index (χ1v) is 5.02. The maximum atomic E-state index is 12.0. The quantitative estimate of drug-likeness (QED) is 0.799. The molecule has 0 aliphatic heterocycles. The van der Waals surface area contributed by atoms with Crippen LogP contribution in [0.3, 0.4) is 0 Å². The first-order chi connectivity index (χ1) is 7.86. The van der Waals surface area contributed by atoms with Gasteiger partial charge >= 0.3 is 5.97 Å². The number of rotatable bonds is 3. The van der Waals surface area contributed by atoms with Crippen LogP contribution in [0.2, 0.25) is 0 Å². The smallest absolute Gasteiger partial charge is 0.326 e. The normalized spacial score (nSPS) is 11.9. The standard InChI is InChI=1S/C11H14N2O4/c1-7(11(16)17)12(2)10(15)8-5-4-6-9(14)13(8)3/h4-7H,1-3H3,(H,16,17). The zero-order valence-corrected chi connectivity index (χ0v) is 9.88. The summed E-state index contributed by atoms with van der Waals surface area (Å²) in [6, 6.07) is 3.33. The van der Waals surface area contributed by atoms with Crippen LogP contribution in [0, 0.1) is 0 Å². The van der Waals surface area contributed by atoms with Crippen molar-refractivity contribution in [1.29, 1.82) is 0 Å². The molecule has 0 bridgehead atoms. The zero-order valence-electron chi connectivity index (χ0n) is 9.88. The van der Waals surface area contributed by atoms with Gasteiger partial charge in [-0.2, -0.15) is 0 Å². The molecule has 1 N–H and O–H groups in total. The summed E-state index contributed by atoms with van der Waals surface area (Å²) in [7, 11) is 2.85. The lowest BCUT2D eigenvalue weighted by molar-refractivity contribution is -0.141. The molecule has 0 fully saturated rings. The molecule has 1 amide bonds. The van der Waals surface area contributed by atoms with E-state index in [0.717, 1.165) is 4.90 Å². The van der Waals surface area contributed by atoms with E-state index < -0.39 is 17.9 Å². The highest BCUT2D eigenvalue weighted by Gasteiger charge is 2.24. The third-order valence-corrected chi connectivity index (χ3v) is 2.66. The van der Waals surface area contributed by atoms with E-state index in [1.807, 2.05) is 0 Å². The second kappa shape index (κ2) is 4.82. The van der Waals surface area contributed by atoms with Crippen LogP contribution >= 0.6 is 0 Å². The number of aliphatic carboxylic acids is 1. The van der Waals surface area contributed by atoms with Crippen molar-refractivity contribution >= 4 is 11.9 Å². The van der Waals surface area contributed by atoms with Gasteiger partial charge in [-0.3, -0.25) is 9.59 Å². The van der Waals surface area contributed by atoms with E-state index in [9.17, 15) is 14.4 Å². The van der Waals surface area contributed by atoms with E-state index in [0.29, 0.717) is 0 Å². The van der Waals surface area contributed by atoms with Crippen molar-refractivity contribution in [1.82, 2.24) is 9.47 Å². The fourth-order valence-corrected chi connectivity index (χ4v) is 1.30. The number of hydrogen-bond donors (Lipinski definition) is 1. The fourth-order valence-electron chi connectivity index (χ4n) is 1.30. The van der Waals surface area contributed by atoms with Crippen molar-refractivity contribution in [3.05, 3.63) is 34.2 Å². The lowest BCUT2D eigenvalue weighted by atomic mass is 10.2. The van der Waals surface area contributed by atoms with Gasteiger partial charge in [0, 0.05) is 20.2 Å². The minimum absolute atomic E-state index is 0.160. The SMILES string of the molecule is CC(C(=O)O)N(C)C(=O)c1cccc(=O)n1C. The molecular weight excluding hydrogens is 224 g/mol. The molecule has 1 unspecified atom stereocenters. The number of carboxylic acids is 1. The highest BCUT2D eigenvalue weighted by atomic mass is 16.4. The van der Waals surface area contributed by atoms with E-state index in [4.69, 9.17) is 5.11 Å². The van der Waals surface area contributed by atoms with Gasteiger partial charge in [0.05, 0.1) is 0 Å². The number of carboxylic acid groups (broad SMARTS) is 1. The van der Waals surface area contributed by atoms with Crippen LogP contribution in [0.4, 0.5) is 0 Å². The molecule has 0 saturated carbocycles. The van der Waals surface area contributed by atoms with Crippen molar-refractivity contribution in [2.75, 3.05) is 7.05 Å². The van der Waals surface area contributed by atoms with E-state index >= 15 is 0 Å². The lowest BCUT2D eigenvalue weighted by Crippen LogP contribution is -2.42. The Labute approximate surface area is 98.1 Å². The maximum absolute atomic E-state index is 12.0. The van der Waals surface area contributed by atoms with Gasteiger partial charge in [-0.05, 0) is 13.0 Å². The topological polar surface area (TPSA) is 79.6 Å². The lowest BCUT2D eigenvalue weighted by Gasteiger charge is -2.22. The summed E-state index contributed by atoms with van der Waals surface area (Å²) in [6.45, 7) is 1.40. The van der Waals surface area contributed by atoms with Crippen molar-refractivity contribution in [2.24, 2.45) is 7.05 Å². The molecule has 0 aliphatic rings. The molecule has 1 aromatic heterocycles. The van der Waals surface area contributed by atoms with Gasteiger partial charge in [0.2, 0.25) is 0 Å². The summed E-state index contributed by atoms with van der Waals surface area (Å²) < 4.78 is 1.19. The summed E-state index contributed by atoms with van der Waals surface area (Å²) in [4.78, 5) is 35.2. The minimum Gasteiger partial charge on any atom is -0.480 e. The Morgan fingerprint density at radius 2 is 2.00 bits per heavy atom. The summed E-state index contributed by atoms with van der Waals surface area (Å²) >= 11 is 0. The molecule has 0 aromatic carbocycles. The average Bonchev–Trinajstić information content (AvgIpc) is 2.29. The van der Waals surface area contributed by atoms with E-state index in [-0.39, 0.29) is 11.3 Å². The van der Waals surface area contributed by atoms with Gasteiger partial charge in [0.25, 0.3) is 11.5 Å². The summed E-state index contributed by atoms with van der Waals surface area (Å²) in [5.74, 6) is -1.60. The second-order valence-electron chi connectivity index (χ2n) is 3.74. The average molecular weight is 238 g/mol. The van der Waals surface area contributed by atoms with Gasteiger partial charge in [-0.25, -0.2) is 4.79 Å². The maximum Gasteiger partial charge on any atom is 0.326 e. The molecule has 1 atom stereocenters. The van der Waals surface area contributed by atoms with Gasteiger partial charge in [0.15, 0.2) is 0 Å². The third-order valence-electron chi connectivity index (χ3n) is 2.66. The molecule has 1 rings (SSSR count). The molecule has 6 nitrogen and oxygen atoms in total. The third kappa shape index (κ3) is 2.52. The van der Waals surface area contributed by atoms with Crippen LogP contribution in [0.1, 0.15) is 17.4 Å². The summed E-state index contributed by atoms with van der Waals surface area (Å²) in [5, 5.41) is 8.81. The van der Waals surface area contributed by atoms with Gasteiger partial charge in [-0.1, -0.05) is 6.07 Å². The first-order valence-electron chi connectivity index (χ1n) is 5.02. The van der Waals surface area contributed by atoms with Crippen molar-refractivity contribution in [3.63, 3.8) is 0 Å². The Balaban J connectivity index is 3.09. The Bertz CT molecular complexity index is 506. The number of carbonyl (C=O) groups is 2. The Morgan fingerprint density at radius 1 is 1.41 bits per heavy atom. The van der Waals surface area contributed by atoms with E-state index in [1.165, 1.54) is 43.8 Å². The van der Waals surface area contributed by atoms with Crippen molar-refractivity contribution in [3.8, 4) is 0 Å². The van der Waals surface area contributed by atoms with Gasteiger partial charge < -0.3 is 14.6 Å². The van der Waals surface area contributed by atoms with Crippen LogP contribution in [-0.4, -0.2) is 39.5 Å². The van der Waals surface area contributed by atoms with Gasteiger partial charge in [-0.15, -0.1) is 0 Å². The van der Waals surface area contributed by atoms with Crippen LogP contribution < -0.4 is 5.56 Å². The molecule has 92 valence electrons. The minimum atomic E-state index is -1.10. The molecule has 0 aliphatic carbocycles. The number of aromatic nitrogens is 1. The number of likely N-dealkylation sites (N-methyl/N-ethyl adjacent to an activating group) is 1. The molecule has 1 aromatic rings. The van der Waals surface area contributed by atoms with Gasteiger partial charge in [0.1, 0.15) is 11.7 Å². The van der Waals surface area contributed by atoms with E-state index in [2.05, 4.69) is 0 Å². The fraction of sp³-hybridized carbons (Fsp3) is 0.364. The predicted molar refractivity (Wildman–Crippen MR) is 60.9 cm³/mol. The Kier molecular flexibility index (Phi) is 3.67.